The molecule has 3 heterocycles. The molecular weight excluding hydrogens is 437 g/mol. The van der Waals surface area contributed by atoms with Crippen molar-refractivity contribution in [2.24, 2.45) is 4.99 Å². The van der Waals surface area contributed by atoms with Gasteiger partial charge in [-0.15, -0.1) is 24.0 Å². The number of halogens is 2. The number of nitrogens with zero attached hydrogens (tertiary/aromatic N) is 3. The highest BCUT2D eigenvalue weighted by Crippen LogP contribution is 2.14. The van der Waals surface area contributed by atoms with Crippen LogP contribution in [0, 0.1) is 0 Å². The molecule has 0 saturated carbocycles. The fraction of sp³-hybridized carbons (Fsp3) is 0.588. The Morgan fingerprint density at radius 2 is 2.04 bits per heavy atom. The number of hydrogen-bond donors (Lipinski definition) is 2. The van der Waals surface area contributed by atoms with Gasteiger partial charge in [-0.3, -0.25) is 14.8 Å². The van der Waals surface area contributed by atoms with Crippen LogP contribution in [0.3, 0.4) is 0 Å². The molecule has 3 fully saturated rings. The van der Waals surface area contributed by atoms with E-state index in [1.165, 1.54) is 38.3 Å². The standard InChI is InChI=1S/C17H26ClN5.HI/c1-19-17(20-6-5-14-3-2-4-15(18)11-14)21-12-16-13-22-7-9-23(16)10-8-22;/h2-4,11,16H,5-10,12-13H2,1H3,(H2,19,20,21);1H. The number of piperazine rings is 3. The van der Waals surface area contributed by atoms with E-state index < -0.39 is 0 Å². The minimum atomic E-state index is 0. The number of nitrogens with one attached hydrogen (secondary N) is 2. The molecule has 0 aliphatic carbocycles. The van der Waals surface area contributed by atoms with Gasteiger partial charge in [0, 0.05) is 63.9 Å². The zero-order valence-corrected chi connectivity index (χ0v) is 17.3. The van der Waals surface area contributed by atoms with E-state index in [1.807, 2.05) is 25.2 Å². The van der Waals surface area contributed by atoms with E-state index in [2.05, 4.69) is 31.5 Å². The third-order valence-corrected chi connectivity index (χ3v) is 4.95. The summed E-state index contributed by atoms with van der Waals surface area (Å²) in [7, 11) is 1.82. The van der Waals surface area contributed by atoms with Gasteiger partial charge >= 0.3 is 0 Å². The summed E-state index contributed by atoms with van der Waals surface area (Å²) in [6.45, 7) is 7.83. The van der Waals surface area contributed by atoms with Crippen LogP contribution in [0.15, 0.2) is 29.3 Å². The fourth-order valence-electron chi connectivity index (χ4n) is 3.37. The molecule has 1 aromatic carbocycles. The molecule has 3 saturated heterocycles. The van der Waals surface area contributed by atoms with Gasteiger partial charge in [0.25, 0.3) is 0 Å². The van der Waals surface area contributed by atoms with E-state index in [1.54, 1.807) is 0 Å². The topological polar surface area (TPSA) is 42.9 Å². The van der Waals surface area contributed by atoms with Gasteiger partial charge in [0.05, 0.1) is 0 Å². The number of guanidine groups is 1. The third-order valence-electron chi connectivity index (χ3n) is 4.72. The molecule has 2 N–H and O–H groups in total. The van der Waals surface area contributed by atoms with Crippen LogP contribution < -0.4 is 10.6 Å². The number of hydrogen-bond acceptors (Lipinski definition) is 3. The number of fused-ring (bicyclic) bond motifs is 3. The maximum absolute atomic E-state index is 6.02. The fourth-order valence-corrected chi connectivity index (χ4v) is 3.58. The maximum atomic E-state index is 6.02. The highest BCUT2D eigenvalue weighted by atomic mass is 127. The van der Waals surface area contributed by atoms with Crippen molar-refractivity contribution in [2.75, 3.05) is 52.9 Å². The average Bonchev–Trinajstić information content (AvgIpc) is 2.59. The quantitative estimate of drug-likeness (QED) is 0.396. The van der Waals surface area contributed by atoms with Crippen LogP contribution in [0.25, 0.3) is 0 Å². The molecule has 24 heavy (non-hydrogen) atoms. The smallest absolute Gasteiger partial charge is 0.191 e. The van der Waals surface area contributed by atoms with Gasteiger partial charge in [-0.05, 0) is 24.1 Å². The first-order valence-electron chi connectivity index (χ1n) is 8.40. The van der Waals surface area contributed by atoms with E-state index in [0.717, 1.165) is 30.5 Å². The third kappa shape index (κ3) is 5.47. The summed E-state index contributed by atoms with van der Waals surface area (Å²) in [6, 6.07) is 8.61. The van der Waals surface area contributed by atoms with Crippen molar-refractivity contribution >= 4 is 41.5 Å². The van der Waals surface area contributed by atoms with Crippen LogP contribution in [0.5, 0.6) is 0 Å². The Hall–Kier alpha value is -0.570. The molecule has 5 nitrogen and oxygen atoms in total. The van der Waals surface area contributed by atoms with Crippen LogP contribution in [0.4, 0.5) is 0 Å². The van der Waals surface area contributed by atoms with Crippen molar-refractivity contribution in [1.82, 2.24) is 20.4 Å². The van der Waals surface area contributed by atoms with E-state index in [0.29, 0.717) is 6.04 Å². The zero-order valence-electron chi connectivity index (χ0n) is 14.2. The lowest BCUT2D eigenvalue weighted by atomic mass is 10.1. The largest absolute Gasteiger partial charge is 0.356 e. The number of aliphatic imine (C=N–C) groups is 1. The zero-order chi connectivity index (χ0) is 16.1. The molecule has 0 amide bonds. The van der Waals surface area contributed by atoms with Gasteiger partial charge < -0.3 is 10.6 Å². The predicted molar refractivity (Wildman–Crippen MR) is 112 cm³/mol. The van der Waals surface area contributed by atoms with E-state index in [-0.39, 0.29) is 24.0 Å². The SMILES string of the molecule is CN=C(NCCc1cccc(Cl)c1)NCC1CN2CCN1CC2.I. The Labute approximate surface area is 166 Å². The van der Waals surface area contributed by atoms with Crippen LogP contribution in [0.1, 0.15) is 5.56 Å². The molecular formula is C17H27ClIN5. The van der Waals surface area contributed by atoms with Gasteiger partial charge in [-0.1, -0.05) is 23.7 Å². The first-order chi connectivity index (χ1) is 11.2. The molecule has 1 aromatic rings. The molecule has 0 aromatic heterocycles. The second kappa shape index (κ2) is 9.79. The highest BCUT2D eigenvalue weighted by Gasteiger charge is 2.31. The molecule has 134 valence electrons. The molecule has 1 unspecified atom stereocenters. The lowest BCUT2D eigenvalue weighted by molar-refractivity contribution is 0.0154. The van der Waals surface area contributed by atoms with Crippen LogP contribution in [-0.4, -0.2) is 74.7 Å². The summed E-state index contributed by atoms with van der Waals surface area (Å²) in [5.74, 6) is 0.879. The monoisotopic (exact) mass is 463 g/mol. The summed E-state index contributed by atoms with van der Waals surface area (Å²) < 4.78 is 0. The Morgan fingerprint density at radius 1 is 1.25 bits per heavy atom. The van der Waals surface area contributed by atoms with Crippen molar-refractivity contribution < 1.29 is 0 Å². The van der Waals surface area contributed by atoms with Crippen molar-refractivity contribution in [2.45, 2.75) is 12.5 Å². The summed E-state index contributed by atoms with van der Waals surface area (Å²) >= 11 is 6.02. The lowest BCUT2D eigenvalue weighted by Crippen LogP contribution is -2.63. The number of benzene rings is 1. The first kappa shape index (κ1) is 19.8. The van der Waals surface area contributed by atoms with Gasteiger partial charge in [0.2, 0.25) is 0 Å². The average molecular weight is 464 g/mol. The summed E-state index contributed by atoms with van der Waals surface area (Å²) in [5, 5.41) is 7.64. The molecule has 3 aliphatic heterocycles. The van der Waals surface area contributed by atoms with Crippen LogP contribution >= 0.6 is 35.6 Å². The van der Waals surface area contributed by atoms with Gasteiger partial charge in [0.15, 0.2) is 5.96 Å². The lowest BCUT2D eigenvalue weighted by Gasteiger charge is -2.47. The highest BCUT2D eigenvalue weighted by molar-refractivity contribution is 14.0. The molecule has 1 atom stereocenters. The van der Waals surface area contributed by atoms with E-state index in [4.69, 9.17) is 11.6 Å². The van der Waals surface area contributed by atoms with Crippen molar-refractivity contribution in [3.8, 4) is 0 Å². The Bertz CT molecular complexity index is 546. The van der Waals surface area contributed by atoms with Gasteiger partial charge in [-0.25, -0.2) is 0 Å². The molecule has 4 rings (SSSR count). The Morgan fingerprint density at radius 3 is 2.67 bits per heavy atom. The molecule has 0 spiro atoms. The van der Waals surface area contributed by atoms with E-state index in [9.17, 15) is 0 Å². The van der Waals surface area contributed by atoms with E-state index >= 15 is 0 Å². The van der Waals surface area contributed by atoms with Crippen molar-refractivity contribution in [1.29, 1.82) is 0 Å². The van der Waals surface area contributed by atoms with Gasteiger partial charge in [-0.2, -0.15) is 0 Å². The Kier molecular flexibility index (Phi) is 8.06. The minimum absolute atomic E-state index is 0. The van der Waals surface area contributed by atoms with Crippen LogP contribution in [-0.2, 0) is 6.42 Å². The van der Waals surface area contributed by atoms with Gasteiger partial charge in [0.1, 0.15) is 0 Å². The van der Waals surface area contributed by atoms with Crippen molar-refractivity contribution in [3.05, 3.63) is 34.9 Å². The number of rotatable bonds is 5. The Balaban J connectivity index is 0.00000208. The molecule has 3 aliphatic rings. The maximum Gasteiger partial charge on any atom is 0.191 e. The summed E-state index contributed by atoms with van der Waals surface area (Å²) in [4.78, 5) is 9.47. The molecule has 7 heteroatoms. The second-order valence-electron chi connectivity index (χ2n) is 6.25. The van der Waals surface area contributed by atoms with Crippen molar-refractivity contribution in [3.63, 3.8) is 0 Å². The summed E-state index contributed by atoms with van der Waals surface area (Å²) in [5.41, 5.74) is 1.24. The minimum Gasteiger partial charge on any atom is -0.356 e. The second-order valence-corrected chi connectivity index (χ2v) is 6.69. The van der Waals surface area contributed by atoms with Crippen LogP contribution in [0.2, 0.25) is 5.02 Å². The normalized spacial score (nSPS) is 25.9. The predicted octanol–water partition coefficient (Wildman–Crippen LogP) is 1.67. The summed E-state index contributed by atoms with van der Waals surface area (Å²) in [6.07, 6.45) is 0.935. The molecule has 0 radical (unpaired) electrons. The molecule has 2 bridgehead atoms. The first-order valence-corrected chi connectivity index (χ1v) is 8.78.